The van der Waals surface area contributed by atoms with Crippen molar-refractivity contribution in [3.05, 3.63) is 34.1 Å². The zero-order chi connectivity index (χ0) is 15.8. The number of sulfonamides is 1. The lowest BCUT2D eigenvalue weighted by atomic mass is 10.2. The van der Waals surface area contributed by atoms with Crippen LogP contribution in [0.2, 0.25) is 0 Å². The van der Waals surface area contributed by atoms with Crippen LogP contribution in [0.15, 0.2) is 23.4 Å². The summed E-state index contributed by atoms with van der Waals surface area (Å²) in [5.74, 6) is -0.869. The third-order valence-corrected chi connectivity index (χ3v) is 3.45. The van der Waals surface area contributed by atoms with E-state index in [1.807, 2.05) is 0 Å². The molecule has 112 valence electrons. The molecule has 0 saturated heterocycles. The summed E-state index contributed by atoms with van der Waals surface area (Å²) in [6.45, 7) is 1.74. The van der Waals surface area contributed by atoms with E-state index in [4.69, 9.17) is 5.14 Å². The van der Waals surface area contributed by atoms with E-state index in [2.05, 4.69) is 10.2 Å². The number of rotatable bonds is 4. The Labute approximate surface area is 118 Å². The summed E-state index contributed by atoms with van der Waals surface area (Å²) in [6.07, 6.45) is 0. The SMILES string of the molecule is CCn1c(-c2cc(F)cc([N+](=O)[O-])c2)nnc1S(N)(=O)=O. The summed E-state index contributed by atoms with van der Waals surface area (Å²) in [4.78, 5) is 9.97. The van der Waals surface area contributed by atoms with Gasteiger partial charge in [-0.3, -0.25) is 14.7 Å². The van der Waals surface area contributed by atoms with Crippen LogP contribution in [0.3, 0.4) is 0 Å². The lowest BCUT2D eigenvalue weighted by Gasteiger charge is -2.06. The molecule has 0 saturated carbocycles. The third-order valence-electron chi connectivity index (χ3n) is 2.64. The van der Waals surface area contributed by atoms with Gasteiger partial charge in [-0.2, -0.15) is 0 Å². The molecular weight excluding hydrogens is 305 g/mol. The molecule has 21 heavy (non-hydrogen) atoms. The van der Waals surface area contributed by atoms with Gasteiger partial charge in [-0.1, -0.05) is 0 Å². The van der Waals surface area contributed by atoms with E-state index in [0.717, 1.165) is 22.8 Å². The number of aromatic nitrogens is 3. The van der Waals surface area contributed by atoms with Crippen LogP contribution in [-0.4, -0.2) is 28.1 Å². The molecule has 9 nitrogen and oxygen atoms in total. The van der Waals surface area contributed by atoms with E-state index < -0.39 is 31.6 Å². The summed E-state index contributed by atoms with van der Waals surface area (Å²) in [5, 5.41) is 22.3. The predicted octanol–water partition coefficient (Wildman–Crippen LogP) is 0.660. The third kappa shape index (κ3) is 2.87. The largest absolute Gasteiger partial charge is 0.297 e. The molecule has 2 aromatic rings. The van der Waals surface area contributed by atoms with Crippen molar-refractivity contribution in [2.45, 2.75) is 18.6 Å². The van der Waals surface area contributed by atoms with Crippen LogP contribution < -0.4 is 5.14 Å². The number of nitrogens with two attached hydrogens (primary N) is 1. The summed E-state index contributed by atoms with van der Waals surface area (Å²) in [5.41, 5.74) is -0.446. The van der Waals surface area contributed by atoms with Crippen molar-refractivity contribution >= 4 is 15.7 Å². The van der Waals surface area contributed by atoms with Gasteiger partial charge in [0.05, 0.1) is 11.0 Å². The van der Waals surface area contributed by atoms with Crippen molar-refractivity contribution in [2.75, 3.05) is 0 Å². The van der Waals surface area contributed by atoms with Crippen LogP contribution in [0.25, 0.3) is 11.4 Å². The number of nitro benzene ring substituents is 1. The van der Waals surface area contributed by atoms with Crippen LogP contribution in [0.5, 0.6) is 0 Å². The monoisotopic (exact) mass is 315 g/mol. The standard InChI is InChI=1S/C10H10FN5O4S/c1-2-15-9(13-14-10(15)21(12,19)20)6-3-7(11)5-8(4-6)16(17)18/h3-5H,2H2,1H3,(H2,12,19,20). The highest BCUT2D eigenvalue weighted by molar-refractivity contribution is 7.89. The minimum atomic E-state index is -4.11. The van der Waals surface area contributed by atoms with Gasteiger partial charge in [-0.25, -0.2) is 17.9 Å². The number of nitrogens with zero attached hydrogens (tertiary/aromatic N) is 4. The molecule has 0 bridgehead atoms. The second-order valence-electron chi connectivity index (χ2n) is 4.05. The maximum atomic E-state index is 13.4. The van der Waals surface area contributed by atoms with Crippen LogP contribution in [0.1, 0.15) is 6.92 Å². The highest BCUT2D eigenvalue weighted by Crippen LogP contribution is 2.25. The molecule has 0 spiro atoms. The molecular formula is C10H10FN5O4S. The number of hydrogen-bond donors (Lipinski definition) is 1. The Bertz CT molecular complexity index is 817. The molecule has 0 aliphatic heterocycles. The zero-order valence-electron chi connectivity index (χ0n) is 10.7. The van der Waals surface area contributed by atoms with Gasteiger partial charge >= 0.3 is 0 Å². The van der Waals surface area contributed by atoms with Crippen LogP contribution in [-0.2, 0) is 16.6 Å². The average molecular weight is 315 g/mol. The van der Waals surface area contributed by atoms with Crippen molar-refractivity contribution < 1.29 is 17.7 Å². The number of hydrogen-bond acceptors (Lipinski definition) is 6. The van der Waals surface area contributed by atoms with Gasteiger partial charge < -0.3 is 0 Å². The first-order valence-corrected chi connectivity index (χ1v) is 7.20. The highest BCUT2D eigenvalue weighted by atomic mass is 32.2. The minimum Gasteiger partial charge on any atom is -0.297 e. The molecule has 0 unspecified atom stereocenters. The average Bonchev–Trinajstić information content (AvgIpc) is 2.81. The Morgan fingerprint density at radius 1 is 1.38 bits per heavy atom. The first-order chi connectivity index (χ1) is 9.74. The number of benzene rings is 1. The van der Waals surface area contributed by atoms with E-state index in [-0.39, 0.29) is 17.9 Å². The normalized spacial score (nSPS) is 11.6. The quantitative estimate of drug-likeness (QED) is 0.650. The van der Waals surface area contributed by atoms with Crippen molar-refractivity contribution in [3.8, 4) is 11.4 Å². The van der Waals surface area contributed by atoms with E-state index >= 15 is 0 Å². The lowest BCUT2D eigenvalue weighted by molar-refractivity contribution is -0.385. The minimum absolute atomic E-state index is 0.0240. The van der Waals surface area contributed by atoms with E-state index in [1.165, 1.54) is 0 Å². The number of primary sulfonamides is 1. The van der Waals surface area contributed by atoms with Gasteiger partial charge in [0.25, 0.3) is 20.9 Å². The molecule has 1 aromatic carbocycles. The first-order valence-electron chi connectivity index (χ1n) is 5.65. The Balaban J connectivity index is 2.68. The van der Waals surface area contributed by atoms with Crippen molar-refractivity contribution in [1.29, 1.82) is 0 Å². The van der Waals surface area contributed by atoms with Crippen molar-refractivity contribution in [1.82, 2.24) is 14.8 Å². The molecule has 2 rings (SSSR count). The number of non-ortho nitro benzene ring substituents is 1. The zero-order valence-corrected chi connectivity index (χ0v) is 11.5. The molecule has 0 aliphatic carbocycles. The summed E-state index contributed by atoms with van der Waals surface area (Å²) in [7, 11) is -4.11. The maximum absolute atomic E-state index is 13.4. The molecule has 0 aliphatic rings. The molecule has 11 heteroatoms. The number of halogens is 1. The summed E-state index contributed by atoms with van der Waals surface area (Å²) < 4.78 is 37.3. The Morgan fingerprint density at radius 2 is 2.05 bits per heavy atom. The molecule has 0 fully saturated rings. The molecule has 1 aromatic heterocycles. The lowest BCUT2D eigenvalue weighted by Crippen LogP contribution is -2.18. The van der Waals surface area contributed by atoms with Gasteiger partial charge in [-0.05, 0) is 13.0 Å². The molecule has 0 atom stereocenters. The predicted molar refractivity (Wildman–Crippen MR) is 69.1 cm³/mol. The smallest absolute Gasteiger partial charge is 0.273 e. The molecule has 0 amide bonds. The topological polar surface area (TPSA) is 134 Å². The van der Waals surface area contributed by atoms with E-state index in [1.54, 1.807) is 6.92 Å². The van der Waals surface area contributed by atoms with Gasteiger partial charge in [0, 0.05) is 18.2 Å². The van der Waals surface area contributed by atoms with Gasteiger partial charge in [0.2, 0.25) is 0 Å². The highest BCUT2D eigenvalue weighted by Gasteiger charge is 2.22. The fraction of sp³-hybridized carbons (Fsp3) is 0.200. The first kappa shape index (κ1) is 15.0. The van der Waals surface area contributed by atoms with E-state index in [0.29, 0.717) is 0 Å². The van der Waals surface area contributed by atoms with Gasteiger partial charge in [0.1, 0.15) is 5.82 Å². The molecule has 0 radical (unpaired) electrons. The second kappa shape index (κ2) is 5.18. The fourth-order valence-corrected chi connectivity index (χ4v) is 2.48. The van der Waals surface area contributed by atoms with Crippen molar-refractivity contribution in [2.24, 2.45) is 5.14 Å². The van der Waals surface area contributed by atoms with Gasteiger partial charge in [-0.15, -0.1) is 10.2 Å². The summed E-state index contributed by atoms with van der Waals surface area (Å²) in [6, 6.07) is 2.82. The maximum Gasteiger partial charge on any atom is 0.273 e. The Morgan fingerprint density at radius 3 is 2.57 bits per heavy atom. The Kier molecular flexibility index (Phi) is 3.70. The van der Waals surface area contributed by atoms with Crippen molar-refractivity contribution in [3.63, 3.8) is 0 Å². The molecule has 2 N–H and O–H groups in total. The van der Waals surface area contributed by atoms with Gasteiger partial charge in [0.15, 0.2) is 5.82 Å². The van der Waals surface area contributed by atoms with Crippen LogP contribution in [0, 0.1) is 15.9 Å². The Hall–Kier alpha value is -2.40. The summed E-state index contributed by atoms with van der Waals surface area (Å²) >= 11 is 0. The number of nitro groups is 1. The van der Waals surface area contributed by atoms with Crippen LogP contribution in [0.4, 0.5) is 10.1 Å². The second-order valence-corrected chi connectivity index (χ2v) is 5.51. The molecule has 1 heterocycles. The fourth-order valence-electron chi connectivity index (χ4n) is 1.81. The van der Waals surface area contributed by atoms with Crippen LogP contribution >= 0.6 is 0 Å². The van der Waals surface area contributed by atoms with E-state index in [9.17, 15) is 22.9 Å².